The molecule has 3 aromatic carbocycles. The van der Waals surface area contributed by atoms with E-state index in [0.717, 1.165) is 16.3 Å². The molecular weight excluding hydrogens is 380 g/mol. The Balaban J connectivity index is 1.71. The highest BCUT2D eigenvalue weighted by atomic mass is 16.5. The van der Waals surface area contributed by atoms with Gasteiger partial charge in [-0.15, -0.1) is 0 Å². The highest BCUT2D eigenvalue weighted by molar-refractivity contribution is 5.99. The van der Waals surface area contributed by atoms with Crippen LogP contribution in [0.3, 0.4) is 0 Å². The van der Waals surface area contributed by atoms with Gasteiger partial charge in [-0.05, 0) is 34.5 Å². The standard InChI is InChI=1S/C24H24N2O4/c1-17(27)26(16-19-7-4-6-18-5-2-3-8-21(18)19)20-9-10-23(22(15-20)24(28)29)25-11-13-30-14-12-25/h2-10,15H,11-14,16H2,1H3,(H,28,29). The van der Waals surface area contributed by atoms with Crippen molar-refractivity contribution in [1.29, 1.82) is 0 Å². The number of amides is 1. The van der Waals surface area contributed by atoms with E-state index in [1.54, 1.807) is 17.0 Å². The van der Waals surface area contributed by atoms with Crippen molar-refractivity contribution in [3.8, 4) is 0 Å². The van der Waals surface area contributed by atoms with Crippen molar-refractivity contribution in [2.24, 2.45) is 0 Å². The molecule has 1 amide bonds. The first kappa shape index (κ1) is 19.9. The number of carbonyl (C=O) groups excluding carboxylic acids is 1. The molecule has 0 spiro atoms. The monoisotopic (exact) mass is 404 g/mol. The van der Waals surface area contributed by atoms with Crippen molar-refractivity contribution in [3.05, 3.63) is 71.8 Å². The molecule has 3 aromatic rings. The molecule has 1 aliphatic rings. The Bertz CT molecular complexity index is 1080. The Hall–Kier alpha value is -3.38. The van der Waals surface area contributed by atoms with E-state index in [4.69, 9.17) is 4.74 Å². The number of nitrogens with zero attached hydrogens (tertiary/aromatic N) is 2. The van der Waals surface area contributed by atoms with E-state index in [1.807, 2.05) is 53.4 Å². The summed E-state index contributed by atoms with van der Waals surface area (Å²) in [7, 11) is 0. The first-order chi connectivity index (χ1) is 14.5. The summed E-state index contributed by atoms with van der Waals surface area (Å²) in [6.45, 7) is 4.30. The largest absolute Gasteiger partial charge is 0.478 e. The molecule has 0 unspecified atom stereocenters. The molecular formula is C24H24N2O4. The molecule has 0 saturated carbocycles. The lowest BCUT2D eigenvalue weighted by atomic mass is 10.0. The van der Waals surface area contributed by atoms with Gasteiger partial charge in [0.2, 0.25) is 5.91 Å². The van der Waals surface area contributed by atoms with Gasteiger partial charge < -0.3 is 19.6 Å². The second kappa shape index (κ2) is 8.55. The van der Waals surface area contributed by atoms with E-state index in [9.17, 15) is 14.7 Å². The van der Waals surface area contributed by atoms with Crippen LogP contribution in [0.15, 0.2) is 60.7 Å². The maximum absolute atomic E-state index is 12.5. The lowest BCUT2D eigenvalue weighted by molar-refractivity contribution is -0.116. The van der Waals surface area contributed by atoms with Gasteiger partial charge in [-0.2, -0.15) is 0 Å². The number of rotatable bonds is 5. The molecule has 1 fully saturated rings. The van der Waals surface area contributed by atoms with Gasteiger partial charge in [0.25, 0.3) is 0 Å². The van der Waals surface area contributed by atoms with Crippen molar-refractivity contribution in [3.63, 3.8) is 0 Å². The molecule has 6 heteroatoms. The van der Waals surface area contributed by atoms with Crippen molar-refractivity contribution in [1.82, 2.24) is 0 Å². The zero-order chi connectivity index (χ0) is 21.1. The fourth-order valence-electron chi connectivity index (χ4n) is 3.93. The Kier molecular flexibility index (Phi) is 5.68. The first-order valence-electron chi connectivity index (χ1n) is 9.99. The first-order valence-corrected chi connectivity index (χ1v) is 9.99. The van der Waals surface area contributed by atoms with Crippen LogP contribution >= 0.6 is 0 Å². The average Bonchev–Trinajstić information content (AvgIpc) is 2.77. The van der Waals surface area contributed by atoms with Crippen molar-refractivity contribution in [2.75, 3.05) is 36.1 Å². The van der Waals surface area contributed by atoms with Crippen LogP contribution in [-0.4, -0.2) is 43.3 Å². The summed E-state index contributed by atoms with van der Waals surface area (Å²) in [5.41, 5.74) is 2.43. The number of carboxylic acid groups (broad SMARTS) is 1. The topological polar surface area (TPSA) is 70.1 Å². The molecule has 1 saturated heterocycles. The van der Waals surface area contributed by atoms with E-state index < -0.39 is 5.97 Å². The Labute approximate surface area is 175 Å². The fourth-order valence-corrected chi connectivity index (χ4v) is 3.93. The molecule has 0 aromatic heterocycles. The predicted molar refractivity (Wildman–Crippen MR) is 117 cm³/mol. The van der Waals surface area contributed by atoms with Crippen LogP contribution in [0, 0.1) is 0 Å². The molecule has 154 valence electrons. The molecule has 1 N–H and O–H groups in total. The van der Waals surface area contributed by atoms with Gasteiger partial charge in [-0.25, -0.2) is 4.79 Å². The average molecular weight is 404 g/mol. The zero-order valence-electron chi connectivity index (χ0n) is 16.9. The second-order valence-corrected chi connectivity index (χ2v) is 7.35. The highest BCUT2D eigenvalue weighted by Gasteiger charge is 2.22. The number of morpholine rings is 1. The number of hydrogen-bond acceptors (Lipinski definition) is 4. The van der Waals surface area contributed by atoms with Crippen LogP contribution in [0.5, 0.6) is 0 Å². The lowest BCUT2D eigenvalue weighted by Crippen LogP contribution is -2.37. The van der Waals surface area contributed by atoms with E-state index in [-0.39, 0.29) is 11.5 Å². The van der Waals surface area contributed by atoms with Crippen LogP contribution in [0.25, 0.3) is 10.8 Å². The number of ether oxygens (including phenoxy) is 1. The van der Waals surface area contributed by atoms with Crippen LogP contribution in [0.4, 0.5) is 11.4 Å². The number of carbonyl (C=O) groups is 2. The minimum Gasteiger partial charge on any atom is -0.478 e. The predicted octanol–water partition coefficient (Wildman–Crippen LogP) is 3.93. The van der Waals surface area contributed by atoms with Crippen LogP contribution in [0.2, 0.25) is 0 Å². The minimum absolute atomic E-state index is 0.140. The number of hydrogen-bond donors (Lipinski definition) is 1. The summed E-state index contributed by atoms with van der Waals surface area (Å²) in [5.74, 6) is -1.15. The summed E-state index contributed by atoms with van der Waals surface area (Å²) >= 11 is 0. The van der Waals surface area contributed by atoms with Crippen LogP contribution < -0.4 is 9.80 Å². The Morgan fingerprint density at radius 2 is 1.77 bits per heavy atom. The number of fused-ring (bicyclic) bond motifs is 1. The molecule has 1 aliphatic heterocycles. The number of anilines is 2. The molecule has 6 nitrogen and oxygen atoms in total. The van der Waals surface area contributed by atoms with Crippen LogP contribution in [-0.2, 0) is 16.1 Å². The summed E-state index contributed by atoms with van der Waals surface area (Å²) in [6, 6.07) is 19.3. The number of carboxylic acids is 1. The van der Waals surface area contributed by atoms with E-state index >= 15 is 0 Å². The molecule has 1 heterocycles. The highest BCUT2D eigenvalue weighted by Crippen LogP contribution is 2.29. The molecule has 4 rings (SSSR count). The zero-order valence-corrected chi connectivity index (χ0v) is 16.9. The van der Waals surface area contributed by atoms with E-state index in [2.05, 4.69) is 0 Å². The van der Waals surface area contributed by atoms with E-state index in [0.29, 0.717) is 44.2 Å². The molecule has 30 heavy (non-hydrogen) atoms. The summed E-state index contributed by atoms with van der Waals surface area (Å²) in [4.78, 5) is 28.1. The third kappa shape index (κ3) is 4.00. The fraction of sp³-hybridized carbons (Fsp3) is 0.250. The van der Waals surface area contributed by atoms with Crippen molar-refractivity contribution >= 4 is 34.0 Å². The molecule has 0 radical (unpaired) electrons. The van der Waals surface area contributed by atoms with Gasteiger partial charge in [-0.3, -0.25) is 4.79 Å². The smallest absolute Gasteiger partial charge is 0.337 e. The summed E-state index contributed by atoms with van der Waals surface area (Å²) in [6.07, 6.45) is 0. The van der Waals surface area contributed by atoms with Gasteiger partial charge >= 0.3 is 5.97 Å². The number of benzene rings is 3. The van der Waals surface area contributed by atoms with Gasteiger partial charge in [0, 0.05) is 25.7 Å². The molecule has 0 atom stereocenters. The van der Waals surface area contributed by atoms with Crippen molar-refractivity contribution < 1.29 is 19.4 Å². The maximum atomic E-state index is 12.5. The Morgan fingerprint density at radius 3 is 2.50 bits per heavy atom. The quantitative estimate of drug-likeness (QED) is 0.698. The summed E-state index contributed by atoms with van der Waals surface area (Å²) in [5, 5.41) is 12.0. The van der Waals surface area contributed by atoms with Gasteiger partial charge in [-0.1, -0.05) is 42.5 Å². The van der Waals surface area contributed by atoms with Gasteiger partial charge in [0.05, 0.1) is 31.0 Å². The van der Waals surface area contributed by atoms with Crippen LogP contribution in [0.1, 0.15) is 22.8 Å². The van der Waals surface area contributed by atoms with Gasteiger partial charge in [0.15, 0.2) is 0 Å². The summed E-state index contributed by atoms with van der Waals surface area (Å²) < 4.78 is 5.37. The van der Waals surface area contributed by atoms with Crippen molar-refractivity contribution in [2.45, 2.75) is 13.5 Å². The lowest BCUT2D eigenvalue weighted by Gasteiger charge is -2.31. The minimum atomic E-state index is -1.01. The SMILES string of the molecule is CC(=O)N(Cc1cccc2ccccc12)c1ccc(N2CCOCC2)c(C(=O)O)c1. The molecule has 0 bridgehead atoms. The van der Waals surface area contributed by atoms with Gasteiger partial charge in [0.1, 0.15) is 0 Å². The molecule has 0 aliphatic carbocycles. The second-order valence-electron chi connectivity index (χ2n) is 7.35. The van der Waals surface area contributed by atoms with E-state index in [1.165, 1.54) is 6.92 Å². The maximum Gasteiger partial charge on any atom is 0.337 e. The Morgan fingerprint density at radius 1 is 1.03 bits per heavy atom. The number of aromatic carboxylic acids is 1. The third-order valence-corrected chi connectivity index (χ3v) is 5.46. The third-order valence-electron chi connectivity index (χ3n) is 5.46. The normalized spacial score (nSPS) is 14.0.